The van der Waals surface area contributed by atoms with Gasteiger partial charge in [-0.05, 0) is 98.1 Å². The van der Waals surface area contributed by atoms with Crippen molar-refractivity contribution < 1.29 is 0 Å². The van der Waals surface area contributed by atoms with E-state index < -0.39 is 5.41 Å². The van der Waals surface area contributed by atoms with E-state index in [1.807, 2.05) is 17.4 Å². The van der Waals surface area contributed by atoms with Gasteiger partial charge in [0.15, 0.2) is 5.82 Å². The maximum Gasteiger partial charge on any atom is 0.160 e. The molecule has 1 aliphatic carbocycles. The van der Waals surface area contributed by atoms with Crippen molar-refractivity contribution in [3.05, 3.63) is 253 Å². The van der Waals surface area contributed by atoms with Crippen molar-refractivity contribution in [2.75, 3.05) is 0 Å². The number of thiophene rings is 1. The second kappa shape index (κ2) is 14.8. The Balaban J connectivity index is 1.10. The number of hydrogen-bond acceptors (Lipinski definition) is 3. The highest BCUT2D eigenvalue weighted by molar-refractivity contribution is 7.25. The maximum absolute atomic E-state index is 5.39. The summed E-state index contributed by atoms with van der Waals surface area (Å²) in [6.07, 6.45) is 0. The molecule has 1 aliphatic rings. The van der Waals surface area contributed by atoms with Gasteiger partial charge in [0.05, 0.1) is 16.8 Å². The summed E-state index contributed by atoms with van der Waals surface area (Å²) in [7, 11) is 0. The van der Waals surface area contributed by atoms with Gasteiger partial charge in [-0.3, -0.25) is 0 Å². The fraction of sp³-hybridized carbons (Fsp3) is 0.0169. The van der Waals surface area contributed by atoms with Gasteiger partial charge in [0.2, 0.25) is 0 Å². The summed E-state index contributed by atoms with van der Waals surface area (Å²) < 4.78 is 2.58. The average Bonchev–Trinajstić information content (AvgIpc) is 3.89. The first-order chi connectivity index (χ1) is 30.7. The Labute approximate surface area is 365 Å². The van der Waals surface area contributed by atoms with Crippen molar-refractivity contribution in [2.24, 2.45) is 0 Å². The smallest absolute Gasteiger partial charge is 0.160 e. The number of aromatic nitrogens is 2. The second-order valence-corrected chi connectivity index (χ2v) is 17.1. The first kappa shape index (κ1) is 36.2. The molecule has 2 nitrogen and oxygen atoms in total. The molecule has 3 heteroatoms. The Morgan fingerprint density at radius 2 is 0.871 bits per heavy atom. The topological polar surface area (TPSA) is 25.8 Å². The van der Waals surface area contributed by atoms with E-state index in [0.717, 1.165) is 44.8 Å². The molecule has 0 aliphatic heterocycles. The molecule has 0 saturated heterocycles. The van der Waals surface area contributed by atoms with Crippen LogP contribution >= 0.6 is 11.3 Å². The van der Waals surface area contributed by atoms with Crippen LogP contribution in [-0.2, 0) is 5.41 Å². The molecule has 2 heterocycles. The predicted molar refractivity (Wildman–Crippen MR) is 259 cm³/mol. The monoisotopic (exact) mass is 806 g/mol. The molecule has 0 amide bonds. The third-order valence-electron chi connectivity index (χ3n) is 12.6. The molecule has 0 radical (unpaired) electrons. The minimum Gasteiger partial charge on any atom is -0.228 e. The van der Waals surface area contributed by atoms with Crippen molar-refractivity contribution in [3.8, 4) is 67.3 Å². The van der Waals surface area contributed by atoms with Crippen molar-refractivity contribution >= 4 is 31.5 Å². The van der Waals surface area contributed by atoms with Crippen LogP contribution in [0.2, 0.25) is 0 Å². The Hall–Kier alpha value is -7.72. The number of benzene rings is 9. The highest BCUT2D eigenvalue weighted by atomic mass is 32.1. The van der Waals surface area contributed by atoms with Crippen molar-refractivity contribution in [1.29, 1.82) is 0 Å². The van der Waals surface area contributed by atoms with Crippen molar-refractivity contribution in [1.82, 2.24) is 9.97 Å². The van der Waals surface area contributed by atoms with Gasteiger partial charge < -0.3 is 0 Å². The third-order valence-corrected chi connectivity index (χ3v) is 13.7. The van der Waals surface area contributed by atoms with Crippen LogP contribution < -0.4 is 0 Å². The lowest BCUT2D eigenvalue weighted by molar-refractivity contribution is 0.768. The largest absolute Gasteiger partial charge is 0.228 e. The molecule has 290 valence electrons. The molecular weight excluding hydrogens is 769 g/mol. The van der Waals surface area contributed by atoms with Gasteiger partial charge in [-0.15, -0.1) is 11.3 Å². The van der Waals surface area contributed by atoms with E-state index in [0.29, 0.717) is 5.82 Å². The molecule has 12 rings (SSSR count). The van der Waals surface area contributed by atoms with E-state index >= 15 is 0 Å². The van der Waals surface area contributed by atoms with E-state index in [-0.39, 0.29) is 0 Å². The van der Waals surface area contributed by atoms with Gasteiger partial charge in [-0.25, -0.2) is 9.97 Å². The Bertz CT molecular complexity index is 3410. The highest BCUT2D eigenvalue weighted by Crippen LogP contribution is 2.56. The van der Waals surface area contributed by atoms with Crippen LogP contribution in [0.1, 0.15) is 22.3 Å². The van der Waals surface area contributed by atoms with Crippen LogP contribution in [0.25, 0.3) is 87.5 Å². The Morgan fingerprint density at radius 3 is 1.61 bits per heavy atom. The quantitative estimate of drug-likeness (QED) is 0.160. The fourth-order valence-electron chi connectivity index (χ4n) is 9.81. The molecule has 0 fully saturated rings. The van der Waals surface area contributed by atoms with E-state index in [1.165, 1.54) is 59.1 Å². The molecule has 0 spiro atoms. The SMILES string of the molecule is c1ccc(-c2cc(-c3cc(-c4ccc5c(c4)C(c4ccccc4)(c4ccccc4)c4ccccc4-5)nc(-c4ccccc4)n3)cc(-c3cccc4sc5ccccc5c34)c2)cc1. The Kier molecular flexibility index (Phi) is 8.62. The lowest BCUT2D eigenvalue weighted by Crippen LogP contribution is -2.28. The van der Waals surface area contributed by atoms with Crippen LogP contribution in [-0.4, -0.2) is 9.97 Å². The van der Waals surface area contributed by atoms with Gasteiger partial charge in [0.1, 0.15) is 0 Å². The van der Waals surface area contributed by atoms with Gasteiger partial charge >= 0.3 is 0 Å². The van der Waals surface area contributed by atoms with Crippen LogP contribution in [0.15, 0.2) is 231 Å². The molecule has 0 unspecified atom stereocenters. The van der Waals surface area contributed by atoms with E-state index in [2.05, 4.69) is 224 Å². The molecule has 62 heavy (non-hydrogen) atoms. The van der Waals surface area contributed by atoms with Gasteiger partial charge in [-0.2, -0.15) is 0 Å². The van der Waals surface area contributed by atoms with Gasteiger partial charge in [-0.1, -0.05) is 188 Å². The van der Waals surface area contributed by atoms with Crippen molar-refractivity contribution in [3.63, 3.8) is 0 Å². The maximum atomic E-state index is 5.39. The summed E-state index contributed by atoms with van der Waals surface area (Å²) in [5, 5.41) is 2.57. The van der Waals surface area contributed by atoms with Crippen LogP contribution in [0.4, 0.5) is 0 Å². The van der Waals surface area contributed by atoms with Crippen LogP contribution in [0, 0.1) is 0 Å². The number of nitrogens with zero attached hydrogens (tertiary/aromatic N) is 2. The van der Waals surface area contributed by atoms with E-state index in [1.54, 1.807) is 0 Å². The van der Waals surface area contributed by atoms with E-state index in [9.17, 15) is 0 Å². The zero-order chi connectivity index (χ0) is 41.0. The first-order valence-electron chi connectivity index (χ1n) is 21.1. The minimum atomic E-state index is -0.520. The second-order valence-electron chi connectivity index (χ2n) is 16.1. The number of hydrogen-bond donors (Lipinski definition) is 0. The molecule has 0 N–H and O–H groups in total. The zero-order valence-electron chi connectivity index (χ0n) is 33.7. The molecule has 2 aromatic heterocycles. The summed E-state index contributed by atoms with van der Waals surface area (Å²) in [5.41, 5.74) is 16.5. The standard InChI is InChI=1S/C59H38N2S/c1-5-18-39(19-6-1)42-34-43(47-28-17-31-56-57(47)50-27-14-16-30-55(50)62-56)36-44(35-42)54-38-53(60-58(61-54)40-20-7-2-8-21-40)41-32-33-49-48-26-13-15-29-51(48)59(52(49)37-41,45-22-9-3-10-23-45)46-24-11-4-12-25-46/h1-38H. The molecule has 11 aromatic rings. The van der Waals surface area contributed by atoms with Crippen LogP contribution in [0.5, 0.6) is 0 Å². The lowest BCUT2D eigenvalue weighted by Gasteiger charge is -2.34. The molecule has 9 aromatic carbocycles. The molecular formula is C59H38N2S. The molecule has 0 bridgehead atoms. The highest BCUT2D eigenvalue weighted by Gasteiger charge is 2.46. The normalized spacial score (nSPS) is 12.6. The minimum absolute atomic E-state index is 0.520. The van der Waals surface area contributed by atoms with Gasteiger partial charge in [0, 0.05) is 36.9 Å². The number of rotatable bonds is 7. The third kappa shape index (κ3) is 5.85. The molecule has 0 atom stereocenters. The summed E-state index contributed by atoms with van der Waals surface area (Å²) in [6.45, 7) is 0. The summed E-state index contributed by atoms with van der Waals surface area (Å²) >= 11 is 1.85. The average molecular weight is 807 g/mol. The lowest BCUT2D eigenvalue weighted by atomic mass is 9.67. The Morgan fingerprint density at radius 1 is 0.323 bits per heavy atom. The van der Waals surface area contributed by atoms with Crippen LogP contribution in [0.3, 0.4) is 0 Å². The first-order valence-corrected chi connectivity index (χ1v) is 22.0. The summed E-state index contributed by atoms with van der Waals surface area (Å²) in [4.78, 5) is 10.8. The van der Waals surface area contributed by atoms with E-state index in [4.69, 9.17) is 9.97 Å². The zero-order valence-corrected chi connectivity index (χ0v) is 34.6. The predicted octanol–water partition coefficient (Wildman–Crippen LogP) is 15.5. The fourth-order valence-corrected chi connectivity index (χ4v) is 10.9. The molecule has 0 saturated carbocycles. The number of fused-ring (bicyclic) bond motifs is 6. The summed E-state index contributed by atoms with van der Waals surface area (Å²) in [5.74, 6) is 0.692. The summed E-state index contributed by atoms with van der Waals surface area (Å²) in [6, 6.07) is 83.5. The van der Waals surface area contributed by atoms with Gasteiger partial charge in [0.25, 0.3) is 0 Å². The van der Waals surface area contributed by atoms with Crippen molar-refractivity contribution in [2.45, 2.75) is 5.41 Å².